The Balaban J connectivity index is 1.84. The molecule has 20 heavy (non-hydrogen) atoms. The molecule has 0 radical (unpaired) electrons. The first-order valence-corrected chi connectivity index (χ1v) is 6.52. The van der Waals surface area contributed by atoms with Crippen molar-refractivity contribution >= 4 is 22.8 Å². The van der Waals surface area contributed by atoms with Gasteiger partial charge in [0, 0.05) is 33.7 Å². The van der Waals surface area contributed by atoms with Crippen molar-refractivity contribution in [3.63, 3.8) is 0 Å². The Morgan fingerprint density at radius 2 is 2.40 bits per heavy atom. The molecule has 108 valence electrons. The number of anilines is 2. The molecule has 1 aliphatic heterocycles. The second-order valence-corrected chi connectivity index (χ2v) is 4.82. The van der Waals surface area contributed by atoms with Gasteiger partial charge in [0.15, 0.2) is 5.65 Å². The van der Waals surface area contributed by atoms with E-state index >= 15 is 0 Å². The van der Waals surface area contributed by atoms with Crippen molar-refractivity contribution in [2.45, 2.75) is 12.0 Å². The third kappa shape index (κ3) is 2.27. The monoisotopic (exact) mass is 278 g/mol. The molecular weight excluding hydrogens is 260 g/mol. The Kier molecular flexibility index (Phi) is 3.41. The van der Waals surface area contributed by atoms with E-state index in [9.17, 15) is 0 Å². The summed E-state index contributed by atoms with van der Waals surface area (Å²) in [5.74, 6) is 1.27. The first kappa shape index (κ1) is 13.1. The van der Waals surface area contributed by atoms with E-state index in [4.69, 9.17) is 9.47 Å². The molecule has 0 amide bonds. The minimum Gasteiger partial charge on any atom is -0.378 e. The molecule has 1 aliphatic rings. The maximum Gasteiger partial charge on any atom is 0.226 e. The molecule has 0 spiro atoms. The van der Waals surface area contributed by atoms with Gasteiger partial charge in [-0.3, -0.25) is 5.10 Å². The summed E-state index contributed by atoms with van der Waals surface area (Å²) in [6, 6.07) is 0. The van der Waals surface area contributed by atoms with E-state index in [0.717, 1.165) is 24.2 Å². The van der Waals surface area contributed by atoms with E-state index in [0.29, 0.717) is 24.7 Å². The quantitative estimate of drug-likeness (QED) is 0.737. The maximum absolute atomic E-state index is 5.60. The SMILES string of the molecule is CNc1nc(NCC2(OC)CCOC2)c2cn[nH]c2n1. The van der Waals surface area contributed by atoms with Crippen molar-refractivity contribution in [3.05, 3.63) is 6.20 Å². The lowest BCUT2D eigenvalue weighted by Crippen LogP contribution is -2.39. The molecule has 8 heteroatoms. The molecule has 3 rings (SSSR count). The van der Waals surface area contributed by atoms with E-state index in [-0.39, 0.29) is 5.60 Å². The maximum atomic E-state index is 5.60. The van der Waals surface area contributed by atoms with Crippen molar-refractivity contribution in [1.82, 2.24) is 20.2 Å². The Morgan fingerprint density at radius 1 is 1.50 bits per heavy atom. The van der Waals surface area contributed by atoms with Gasteiger partial charge in [-0.2, -0.15) is 15.1 Å². The van der Waals surface area contributed by atoms with Crippen LogP contribution in [-0.2, 0) is 9.47 Å². The van der Waals surface area contributed by atoms with Crippen molar-refractivity contribution in [1.29, 1.82) is 0 Å². The first-order chi connectivity index (χ1) is 9.76. The Bertz CT molecular complexity index is 593. The van der Waals surface area contributed by atoms with E-state index in [1.54, 1.807) is 20.4 Å². The van der Waals surface area contributed by atoms with E-state index in [1.165, 1.54) is 0 Å². The van der Waals surface area contributed by atoms with Gasteiger partial charge in [0.25, 0.3) is 0 Å². The number of nitrogens with one attached hydrogen (secondary N) is 3. The van der Waals surface area contributed by atoms with Crippen molar-refractivity contribution < 1.29 is 9.47 Å². The Labute approximate surface area is 116 Å². The van der Waals surface area contributed by atoms with Crippen LogP contribution >= 0.6 is 0 Å². The highest BCUT2D eigenvalue weighted by Gasteiger charge is 2.35. The van der Waals surface area contributed by atoms with Crippen LogP contribution in [0.3, 0.4) is 0 Å². The number of fused-ring (bicyclic) bond motifs is 1. The fourth-order valence-corrected chi connectivity index (χ4v) is 2.29. The number of hydrogen-bond donors (Lipinski definition) is 3. The zero-order valence-electron chi connectivity index (χ0n) is 11.6. The van der Waals surface area contributed by atoms with Crippen molar-refractivity contribution in [3.8, 4) is 0 Å². The van der Waals surface area contributed by atoms with Crippen LogP contribution in [0.25, 0.3) is 11.0 Å². The summed E-state index contributed by atoms with van der Waals surface area (Å²) in [4.78, 5) is 8.72. The minimum atomic E-state index is -0.291. The van der Waals surface area contributed by atoms with Gasteiger partial charge in [0.05, 0.1) is 18.2 Å². The second kappa shape index (κ2) is 5.22. The van der Waals surface area contributed by atoms with Gasteiger partial charge in [-0.1, -0.05) is 0 Å². The second-order valence-electron chi connectivity index (χ2n) is 4.82. The summed E-state index contributed by atoms with van der Waals surface area (Å²) in [5, 5.41) is 14.0. The third-order valence-corrected chi connectivity index (χ3v) is 3.61. The molecule has 0 saturated carbocycles. The molecule has 3 heterocycles. The number of aromatic amines is 1. The van der Waals surface area contributed by atoms with Crippen LogP contribution in [0.15, 0.2) is 6.20 Å². The molecule has 3 N–H and O–H groups in total. The number of rotatable bonds is 5. The molecule has 1 unspecified atom stereocenters. The third-order valence-electron chi connectivity index (χ3n) is 3.61. The van der Waals surface area contributed by atoms with Gasteiger partial charge < -0.3 is 20.1 Å². The molecule has 2 aromatic rings. The van der Waals surface area contributed by atoms with Crippen LogP contribution < -0.4 is 10.6 Å². The minimum absolute atomic E-state index is 0.291. The molecule has 1 fully saturated rings. The number of H-pyrrole nitrogens is 1. The van der Waals surface area contributed by atoms with E-state index in [1.807, 2.05) is 0 Å². The average Bonchev–Trinajstić information content (AvgIpc) is 3.14. The predicted molar refractivity (Wildman–Crippen MR) is 74.9 cm³/mol. The van der Waals surface area contributed by atoms with Crippen LogP contribution in [0.2, 0.25) is 0 Å². The van der Waals surface area contributed by atoms with Crippen LogP contribution in [0, 0.1) is 0 Å². The van der Waals surface area contributed by atoms with E-state index in [2.05, 4.69) is 30.8 Å². The van der Waals surface area contributed by atoms with Gasteiger partial charge in [-0.15, -0.1) is 0 Å². The first-order valence-electron chi connectivity index (χ1n) is 6.52. The van der Waals surface area contributed by atoms with Crippen molar-refractivity contribution in [2.24, 2.45) is 0 Å². The summed E-state index contributed by atoms with van der Waals surface area (Å²) in [6.45, 7) is 1.95. The smallest absolute Gasteiger partial charge is 0.226 e. The molecule has 2 aromatic heterocycles. The lowest BCUT2D eigenvalue weighted by molar-refractivity contribution is -0.00623. The van der Waals surface area contributed by atoms with Gasteiger partial charge in [0.2, 0.25) is 5.95 Å². The molecule has 0 aliphatic carbocycles. The molecule has 8 nitrogen and oxygen atoms in total. The number of ether oxygens (including phenoxy) is 2. The van der Waals surface area contributed by atoms with Crippen molar-refractivity contribution in [2.75, 3.05) is 44.5 Å². The fraction of sp³-hybridized carbons (Fsp3) is 0.583. The summed E-state index contributed by atoms with van der Waals surface area (Å²) in [7, 11) is 3.49. The van der Waals surface area contributed by atoms with Gasteiger partial charge in [-0.25, -0.2) is 0 Å². The van der Waals surface area contributed by atoms with E-state index < -0.39 is 0 Å². The van der Waals surface area contributed by atoms with Crippen LogP contribution in [0.4, 0.5) is 11.8 Å². The predicted octanol–water partition coefficient (Wildman–Crippen LogP) is 0.612. The number of methoxy groups -OCH3 is 1. The highest BCUT2D eigenvalue weighted by Crippen LogP contribution is 2.25. The molecule has 1 atom stereocenters. The van der Waals surface area contributed by atoms with Crippen LogP contribution in [-0.4, -0.2) is 59.7 Å². The molecule has 1 saturated heterocycles. The largest absolute Gasteiger partial charge is 0.378 e. The summed E-state index contributed by atoms with van der Waals surface area (Å²) in [5.41, 5.74) is 0.405. The summed E-state index contributed by atoms with van der Waals surface area (Å²) < 4.78 is 11.0. The lowest BCUT2D eigenvalue weighted by atomic mass is 10.0. The summed E-state index contributed by atoms with van der Waals surface area (Å²) >= 11 is 0. The Morgan fingerprint density at radius 3 is 3.10 bits per heavy atom. The standard InChI is InChI=1S/C12H18N6O2/c1-13-11-16-9(8-5-15-18-10(8)17-11)14-6-12(19-2)3-4-20-7-12/h5H,3-4,6-7H2,1-2H3,(H3,13,14,15,16,17,18). The Hall–Kier alpha value is -1.93. The lowest BCUT2D eigenvalue weighted by Gasteiger charge is -2.26. The normalized spacial score (nSPS) is 22.3. The zero-order valence-corrected chi connectivity index (χ0v) is 11.6. The fourth-order valence-electron chi connectivity index (χ4n) is 2.29. The molecule has 0 aromatic carbocycles. The topological polar surface area (TPSA) is 97.0 Å². The molecule has 0 bridgehead atoms. The van der Waals surface area contributed by atoms with Gasteiger partial charge in [0.1, 0.15) is 11.4 Å². The molecular formula is C12H18N6O2. The van der Waals surface area contributed by atoms with Crippen LogP contribution in [0.5, 0.6) is 0 Å². The highest BCUT2D eigenvalue weighted by molar-refractivity contribution is 5.86. The number of aromatic nitrogens is 4. The van der Waals surface area contributed by atoms with Crippen LogP contribution in [0.1, 0.15) is 6.42 Å². The highest BCUT2D eigenvalue weighted by atomic mass is 16.5. The zero-order chi connectivity index (χ0) is 14.0. The van der Waals surface area contributed by atoms with Gasteiger partial charge in [-0.05, 0) is 0 Å². The average molecular weight is 278 g/mol. The number of nitrogens with zero attached hydrogens (tertiary/aromatic N) is 3. The van der Waals surface area contributed by atoms with Gasteiger partial charge >= 0.3 is 0 Å². The summed E-state index contributed by atoms with van der Waals surface area (Å²) in [6.07, 6.45) is 2.58. The number of hydrogen-bond acceptors (Lipinski definition) is 7.